The van der Waals surface area contributed by atoms with Crippen LogP contribution in [0.15, 0.2) is 0 Å². The summed E-state index contributed by atoms with van der Waals surface area (Å²) >= 11 is 0. The molecule has 0 aliphatic carbocycles. The van der Waals surface area contributed by atoms with Crippen molar-refractivity contribution >= 4 is 10.1 Å². The Labute approximate surface area is 186 Å². The fraction of sp³-hybridized carbons (Fsp3) is 1.00. The molecule has 1 N–H and O–H groups in total. The molecule has 0 spiro atoms. The van der Waals surface area contributed by atoms with E-state index in [4.69, 9.17) is 0 Å². The quantitative estimate of drug-likeness (QED) is 0.267. The molecule has 4 nitrogen and oxygen atoms in total. The van der Waals surface area contributed by atoms with Crippen molar-refractivity contribution in [3.05, 3.63) is 0 Å². The molecule has 0 aromatic carbocycles. The molecular weight excluding hydrogens is 339 g/mol. The predicted octanol–water partition coefficient (Wildman–Crippen LogP) is 1.38. The van der Waals surface area contributed by atoms with Crippen molar-refractivity contribution in [1.29, 1.82) is 0 Å². The van der Waals surface area contributed by atoms with E-state index >= 15 is 0 Å². The molecule has 0 aliphatic rings. The van der Waals surface area contributed by atoms with Crippen molar-refractivity contribution in [2.45, 2.75) is 109 Å². The van der Waals surface area contributed by atoms with Gasteiger partial charge in [-0.2, -0.15) is 0 Å². The van der Waals surface area contributed by atoms with Crippen molar-refractivity contribution in [2.75, 3.05) is 0 Å². The summed E-state index contributed by atoms with van der Waals surface area (Å²) in [4.78, 5) is 0. The molecule has 0 fully saturated rings. The van der Waals surface area contributed by atoms with Crippen LogP contribution in [-0.4, -0.2) is 29.4 Å². The molecule has 23 heavy (non-hydrogen) atoms. The second kappa shape index (κ2) is 16.9. The van der Waals surface area contributed by atoms with Gasteiger partial charge in [0.05, 0.1) is 16.2 Å². The van der Waals surface area contributed by atoms with E-state index in [0.29, 0.717) is 6.42 Å². The molecule has 2 unspecified atom stereocenters. The number of unbranched alkanes of at least 4 members (excludes halogenated alkanes) is 9. The largest absolute Gasteiger partial charge is 1.00 e. The molecule has 0 aliphatic heterocycles. The summed E-state index contributed by atoms with van der Waals surface area (Å²) in [7, 11) is -4.09. The first-order valence-electron chi connectivity index (χ1n) is 9.00. The molecule has 0 rings (SSSR count). The Morgan fingerprint density at radius 1 is 0.826 bits per heavy atom. The molecule has 2 atom stereocenters. The molecule has 6 heteroatoms. The van der Waals surface area contributed by atoms with Gasteiger partial charge >= 0.3 is 51.4 Å². The first-order valence-corrected chi connectivity index (χ1v) is 10.5. The zero-order chi connectivity index (χ0) is 16.8. The Kier molecular flexibility index (Phi) is 19.7. The van der Waals surface area contributed by atoms with Gasteiger partial charge in [0.1, 0.15) is 0 Å². The molecule has 0 amide bonds. The predicted molar refractivity (Wildman–Crippen MR) is 90.9 cm³/mol. The van der Waals surface area contributed by atoms with Crippen LogP contribution in [0, 0.1) is 0 Å². The third kappa shape index (κ3) is 18.1. The Bertz CT molecular complexity index is 347. The van der Waals surface area contributed by atoms with E-state index in [1.165, 1.54) is 45.4 Å². The van der Waals surface area contributed by atoms with E-state index in [-0.39, 0.29) is 57.5 Å². The van der Waals surface area contributed by atoms with Gasteiger partial charge in [0.2, 0.25) is 0 Å². The molecule has 134 valence electrons. The van der Waals surface area contributed by atoms with Crippen LogP contribution >= 0.6 is 0 Å². The van der Waals surface area contributed by atoms with E-state index in [0.717, 1.165) is 38.5 Å². The van der Waals surface area contributed by atoms with Crippen LogP contribution < -0.4 is 51.4 Å². The van der Waals surface area contributed by atoms with Gasteiger partial charge in [0.25, 0.3) is 0 Å². The Hall–Kier alpha value is 1.51. The van der Waals surface area contributed by atoms with Gasteiger partial charge in [-0.3, -0.25) is 0 Å². The summed E-state index contributed by atoms with van der Waals surface area (Å²) in [5.41, 5.74) is 0. The van der Waals surface area contributed by atoms with Crippen LogP contribution in [0.5, 0.6) is 0 Å². The minimum Gasteiger partial charge on any atom is -0.748 e. The van der Waals surface area contributed by atoms with E-state index in [1.54, 1.807) is 0 Å². The molecule has 0 heterocycles. The molecule has 0 saturated heterocycles. The number of aliphatic hydroxyl groups excluding tert-OH is 1. The van der Waals surface area contributed by atoms with E-state index < -0.39 is 15.4 Å². The maximum atomic E-state index is 10.7. The minimum absolute atomic E-state index is 0. The van der Waals surface area contributed by atoms with Gasteiger partial charge in [0, 0.05) is 5.25 Å². The van der Waals surface area contributed by atoms with Gasteiger partial charge in [-0.1, -0.05) is 71.1 Å². The van der Waals surface area contributed by atoms with E-state index in [1.807, 2.05) is 6.92 Å². The van der Waals surface area contributed by atoms with E-state index in [9.17, 15) is 18.1 Å². The van der Waals surface area contributed by atoms with E-state index in [2.05, 4.69) is 0 Å². The first kappa shape index (κ1) is 26.7. The molecule has 0 radical (unpaired) electrons. The van der Waals surface area contributed by atoms with Crippen LogP contribution in [0.3, 0.4) is 0 Å². The Balaban J connectivity index is 0. The Morgan fingerprint density at radius 3 is 1.52 bits per heavy atom. The van der Waals surface area contributed by atoms with Crippen molar-refractivity contribution in [2.24, 2.45) is 0 Å². The van der Waals surface area contributed by atoms with Crippen LogP contribution in [0.25, 0.3) is 0 Å². The van der Waals surface area contributed by atoms with Crippen molar-refractivity contribution in [3.63, 3.8) is 0 Å². The van der Waals surface area contributed by atoms with Gasteiger partial charge in [-0.25, -0.2) is 8.42 Å². The zero-order valence-electron chi connectivity index (χ0n) is 15.4. The van der Waals surface area contributed by atoms with Gasteiger partial charge in [0.15, 0.2) is 0 Å². The molecule has 0 aromatic heterocycles. The second-order valence-electron chi connectivity index (χ2n) is 6.48. The standard InChI is InChI=1S/C17H36O4S.K/c1-3-17(18)15-13-11-9-7-5-4-6-8-10-12-14-16(2)22(19,20)21;/h16-18H,3-15H2,1-2H3,(H,19,20,21);/q;+1/p-1. The average Bonchev–Trinajstić information content (AvgIpc) is 2.46. The Morgan fingerprint density at radius 2 is 1.17 bits per heavy atom. The summed E-state index contributed by atoms with van der Waals surface area (Å²) in [5, 5.41) is 8.69. The summed E-state index contributed by atoms with van der Waals surface area (Å²) in [6.45, 7) is 3.52. The first-order chi connectivity index (χ1) is 10.4. The molecule has 0 saturated carbocycles. The minimum atomic E-state index is -4.09. The number of hydrogen-bond acceptors (Lipinski definition) is 4. The molecule has 0 bridgehead atoms. The number of hydrogen-bond donors (Lipinski definition) is 1. The topological polar surface area (TPSA) is 77.4 Å². The maximum Gasteiger partial charge on any atom is 1.00 e. The number of rotatable bonds is 15. The summed E-state index contributed by atoms with van der Waals surface area (Å²) in [6.07, 6.45) is 13.8. The monoisotopic (exact) mass is 374 g/mol. The van der Waals surface area contributed by atoms with Crippen LogP contribution in [-0.2, 0) is 10.1 Å². The smallest absolute Gasteiger partial charge is 0.748 e. The van der Waals surface area contributed by atoms with Crippen molar-refractivity contribution < 1.29 is 69.5 Å². The maximum absolute atomic E-state index is 10.7. The third-order valence-corrected chi connectivity index (χ3v) is 5.58. The van der Waals surface area contributed by atoms with Gasteiger partial charge in [-0.05, 0) is 26.2 Å². The van der Waals surface area contributed by atoms with Gasteiger partial charge in [-0.15, -0.1) is 0 Å². The fourth-order valence-corrected chi connectivity index (χ4v) is 3.03. The second-order valence-corrected chi connectivity index (χ2v) is 8.27. The number of aliphatic hydroxyl groups is 1. The molecule has 0 aromatic rings. The van der Waals surface area contributed by atoms with Gasteiger partial charge < -0.3 is 9.66 Å². The molecular formula is C17H35KO4S. The summed E-state index contributed by atoms with van der Waals surface area (Å²) < 4.78 is 32.2. The summed E-state index contributed by atoms with van der Waals surface area (Å²) in [6, 6.07) is 0. The normalized spacial score (nSPS) is 14.3. The average molecular weight is 375 g/mol. The van der Waals surface area contributed by atoms with Crippen molar-refractivity contribution in [3.8, 4) is 0 Å². The van der Waals surface area contributed by atoms with Crippen LogP contribution in [0.1, 0.15) is 97.3 Å². The fourth-order valence-electron chi connectivity index (χ4n) is 2.57. The van der Waals surface area contributed by atoms with Crippen LogP contribution in [0.2, 0.25) is 0 Å². The summed E-state index contributed by atoms with van der Waals surface area (Å²) in [5.74, 6) is 0. The SMILES string of the molecule is CCC(O)CCCCCCCCCCCCC(C)S(=O)(=O)[O-].[K+]. The van der Waals surface area contributed by atoms with Crippen molar-refractivity contribution in [1.82, 2.24) is 0 Å². The zero-order valence-corrected chi connectivity index (χ0v) is 19.4. The third-order valence-electron chi connectivity index (χ3n) is 4.36. The van der Waals surface area contributed by atoms with Crippen LogP contribution in [0.4, 0.5) is 0 Å².